The van der Waals surface area contributed by atoms with Crippen LogP contribution in [0.3, 0.4) is 0 Å². The summed E-state index contributed by atoms with van der Waals surface area (Å²) < 4.78 is 5.14. The first-order valence-electron chi connectivity index (χ1n) is 6.13. The Balaban J connectivity index is 2.43. The highest BCUT2D eigenvalue weighted by Crippen LogP contribution is 2.33. The Morgan fingerprint density at radius 3 is 2.00 bits per heavy atom. The van der Waals surface area contributed by atoms with Gasteiger partial charge in [0.2, 0.25) is 0 Å². The van der Waals surface area contributed by atoms with Crippen LogP contribution in [-0.2, 0) is 5.60 Å². The van der Waals surface area contributed by atoms with Gasteiger partial charge in [0.05, 0.1) is 7.11 Å². The lowest BCUT2D eigenvalue weighted by Crippen LogP contribution is -2.26. The van der Waals surface area contributed by atoms with E-state index < -0.39 is 5.60 Å². The van der Waals surface area contributed by atoms with Crippen molar-refractivity contribution in [2.45, 2.75) is 18.9 Å². The summed E-state index contributed by atoms with van der Waals surface area (Å²) in [7, 11) is 1.64. The number of methoxy groups -OCH3 is 1. The molecule has 0 fully saturated rings. The molecule has 2 rings (SSSR count). The van der Waals surface area contributed by atoms with E-state index in [-0.39, 0.29) is 0 Å². The Labute approximate surface area is 108 Å². The van der Waals surface area contributed by atoms with Gasteiger partial charge in [-0.15, -0.1) is 0 Å². The summed E-state index contributed by atoms with van der Waals surface area (Å²) in [6.07, 6.45) is 0.628. The highest BCUT2D eigenvalue weighted by molar-refractivity contribution is 5.38. The van der Waals surface area contributed by atoms with Crippen molar-refractivity contribution >= 4 is 0 Å². The van der Waals surface area contributed by atoms with E-state index in [0.717, 1.165) is 16.9 Å². The van der Waals surface area contributed by atoms with Gasteiger partial charge in [-0.25, -0.2) is 0 Å². The van der Waals surface area contributed by atoms with Gasteiger partial charge in [0, 0.05) is 0 Å². The molecule has 1 N–H and O–H groups in total. The molecule has 1 atom stereocenters. The number of hydrogen-bond acceptors (Lipinski definition) is 2. The van der Waals surface area contributed by atoms with E-state index in [1.54, 1.807) is 7.11 Å². The van der Waals surface area contributed by atoms with Gasteiger partial charge in [-0.2, -0.15) is 0 Å². The van der Waals surface area contributed by atoms with Crippen molar-refractivity contribution in [3.05, 3.63) is 65.7 Å². The van der Waals surface area contributed by atoms with Crippen molar-refractivity contribution < 1.29 is 9.84 Å². The van der Waals surface area contributed by atoms with Crippen LogP contribution >= 0.6 is 0 Å². The molecule has 2 aromatic carbocycles. The number of hydrogen-bond donors (Lipinski definition) is 1. The largest absolute Gasteiger partial charge is 0.497 e. The summed E-state index contributed by atoms with van der Waals surface area (Å²) in [6, 6.07) is 17.3. The van der Waals surface area contributed by atoms with Crippen molar-refractivity contribution in [2.24, 2.45) is 0 Å². The van der Waals surface area contributed by atoms with Gasteiger partial charge >= 0.3 is 0 Å². The average Bonchev–Trinajstić information content (AvgIpc) is 2.47. The first-order chi connectivity index (χ1) is 8.70. The van der Waals surface area contributed by atoms with Crippen LogP contribution < -0.4 is 4.74 Å². The Morgan fingerprint density at radius 2 is 1.50 bits per heavy atom. The summed E-state index contributed by atoms with van der Waals surface area (Å²) in [5.74, 6) is 0.797. The fourth-order valence-electron chi connectivity index (χ4n) is 2.16. The number of ether oxygens (including phenoxy) is 1. The SMILES string of the molecule is CC[C@@](O)(c1ccccc1)c1ccc(OC)cc1. The van der Waals surface area contributed by atoms with Crippen molar-refractivity contribution in [2.75, 3.05) is 7.11 Å². The lowest BCUT2D eigenvalue weighted by molar-refractivity contribution is 0.0765. The molecule has 0 radical (unpaired) electrons. The molecular formula is C16H18O2. The minimum absolute atomic E-state index is 0.628. The highest BCUT2D eigenvalue weighted by atomic mass is 16.5. The van der Waals surface area contributed by atoms with E-state index in [2.05, 4.69) is 0 Å². The van der Waals surface area contributed by atoms with E-state index in [4.69, 9.17) is 4.74 Å². The Morgan fingerprint density at radius 1 is 0.944 bits per heavy atom. The Bertz CT molecular complexity index is 490. The maximum Gasteiger partial charge on any atom is 0.118 e. The zero-order chi connectivity index (χ0) is 13.0. The number of aliphatic hydroxyl groups is 1. The molecule has 0 aliphatic rings. The quantitative estimate of drug-likeness (QED) is 0.891. The van der Waals surface area contributed by atoms with Crippen molar-refractivity contribution in [1.29, 1.82) is 0 Å². The highest BCUT2D eigenvalue weighted by Gasteiger charge is 2.29. The van der Waals surface area contributed by atoms with Crippen LogP contribution in [0.5, 0.6) is 5.75 Å². The van der Waals surface area contributed by atoms with Crippen molar-refractivity contribution in [3.63, 3.8) is 0 Å². The molecule has 2 nitrogen and oxygen atoms in total. The molecule has 0 aromatic heterocycles. The lowest BCUT2D eigenvalue weighted by atomic mass is 9.84. The second-order valence-corrected chi connectivity index (χ2v) is 4.31. The minimum Gasteiger partial charge on any atom is -0.497 e. The van der Waals surface area contributed by atoms with E-state index in [1.165, 1.54) is 0 Å². The molecule has 0 heterocycles. The van der Waals surface area contributed by atoms with Crippen LogP contribution in [0.4, 0.5) is 0 Å². The minimum atomic E-state index is -0.937. The summed E-state index contributed by atoms with van der Waals surface area (Å²) in [4.78, 5) is 0. The molecule has 0 saturated carbocycles. The average molecular weight is 242 g/mol. The molecule has 0 aliphatic heterocycles. The predicted octanol–water partition coefficient (Wildman–Crippen LogP) is 3.34. The third-order valence-electron chi connectivity index (χ3n) is 3.33. The van der Waals surface area contributed by atoms with Crippen LogP contribution in [0, 0.1) is 0 Å². The first-order valence-corrected chi connectivity index (χ1v) is 6.13. The van der Waals surface area contributed by atoms with Gasteiger partial charge in [-0.05, 0) is 29.7 Å². The van der Waals surface area contributed by atoms with Crippen LogP contribution in [0.25, 0.3) is 0 Å². The molecule has 94 valence electrons. The second kappa shape index (κ2) is 5.23. The molecule has 0 spiro atoms. The third kappa shape index (κ3) is 2.24. The van der Waals surface area contributed by atoms with Gasteiger partial charge in [0.25, 0.3) is 0 Å². The second-order valence-electron chi connectivity index (χ2n) is 4.31. The normalized spacial score (nSPS) is 13.9. The summed E-state index contributed by atoms with van der Waals surface area (Å²) in [6.45, 7) is 1.98. The van der Waals surface area contributed by atoms with E-state index in [0.29, 0.717) is 6.42 Å². The molecular weight excluding hydrogens is 224 g/mol. The van der Waals surface area contributed by atoms with Crippen LogP contribution in [0.2, 0.25) is 0 Å². The van der Waals surface area contributed by atoms with Gasteiger partial charge in [0.15, 0.2) is 0 Å². The summed E-state index contributed by atoms with van der Waals surface area (Å²) >= 11 is 0. The zero-order valence-electron chi connectivity index (χ0n) is 10.8. The van der Waals surface area contributed by atoms with E-state index in [9.17, 15) is 5.11 Å². The standard InChI is InChI=1S/C16H18O2/c1-3-16(17,13-7-5-4-6-8-13)14-9-11-15(18-2)12-10-14/h4-12,17H,3H2,1-2H3/t16-/m1/s1. The summed E-state index contributed by atoms with van der Waals surface area (Å²) in [5, 5.41) is 10.9. The van der Waals surface area contributed by atoms with Gasteiger partial charge in [-0.1, -0.05) is 49.4 Å². The molecule has 0 unspecified atom stereocenters. The van der Waals surface area contributed by atoms with Crippen LogP contribution in [0.1, 0.15) is 24.5 Å². The monoisotopic (exact) mass is 242 g/mol. The van der Waals surface area contributed by atoms with Crippen molar-refractivity contribution in [3.8, 4) is 5.75 Å². The topological polar surface area (TPSA) is 29.5 Å². The molecule has 0 amide bonds. The maximum absolute atomic E-state index is 10.9. The molecule has 0 bridgehead atoms. The fraction of sp³-hybridized carbons (Fsp3) is 0.250. The smallest absolute Gasteiger partial charge is 0.118 e. The van der Waals surface area contributed by atoms with E-state index in [1.807, 2.05) is 61.5 Å². The lowest BCUT2D eigenvalue weighted by Gasteiger charge is -2.28. The molecule has 2 aromatic rings. The fourth-order valence-corrected chi connectivity index (χ4v) is 2.16. The Hall–Kier alpha value is -1.80. The number of rotatable bonds is 4. The summed E-state index contributed by atoms with van der Waals surface area (Å²) in [5.41, 5.74) is 0.864. The number of benzene rings is 2. The third-order valence-corrected chi connectivity index (χ3v) is 3.33. The Kier molecular flexibility index (Phi) is 3.68. The van der Waals surface area contributed by atoms with Crippen LogP contribution in [0.15, 0.2) is 54.6 Å². The van der Waals surface area contributed by atoms with Crippen LogP contribution in [-0.4, -0.2) is 12.2 Å². The molecule has 0 saturated heterocycles. The molecule has 18 heavy (non-hydrogen) atoms. The van der Waals surface area contributed by atoms with Gasteiger partial charge in [0.1, 0.15) is 11.4 Å². The first kappa shape index (κ1) is 12.7. The van der Waals surface area contributed by atoms with Gasteiger partial charge < -0.3 is 9.84 Å². The predicted molar refractivity (Wildman–Crippen MR) is 72.7 cm³/mol. The maximum atomic E-state index is 10.9. The van der Waals surface area contributed by atoms with E-state index >= 15 is 0 Å². The zero-order valence-corrected chi connectivity index (χ0v) is 10.8. The molecule has 2 heteroatoms. The van der Waals surface area contributed by atoms with Gasteiger partial charge in [-0.3, -0.25) is 0 Å². The molecule has 0 aliphatic carbocycles. The van der Waals surface area contributed by atoms with Crippen molar-refractivity contribution in [1.82, 2.24) is 0 Å².